The van der Waals surface area contributed by atoms with E-state index < -0.39 is 28.6 Å². The van der Waals surface area contributed by atoms with Gasteiger partial charge in [0.15, 0.2) is 6.04 Å². The van der Waals surface area contributed by atoms with Gasteiger partial charge < -0.3 is 10.8 Å². The molecule has 4 N–H and O–H groups in total. The number of aliphatic imine (C=N–C) groups is 1. The van der Waals surface area contributed by atoms with Crippen molar-refractivity contribution in [2.75, 3.05) is 13.2 Å². The zero-order chi connectivity index (χ0) is 23.5. The van der Waals surface area contributed by atoms with Crippen LogP contribution in [0.5, 0.6) is 0 Å². The van der Waals surface area contributed by atoms with Gasteiger partial charge >= 0.3 is 0 Å². The average molecular weight is 498 g/mol. The van der Waals surface area contributed by atoms with Crippen molar-refractivity contribution in [2.24, 2.45) is 21.7 Å². The van der Waals surface area contributed by atoms with E-state index in [-0.39, 0.29) is 23.3 Å². The molecule has 170 valence electrons. The maximum Gasteiger partial charge on any atom is 0.264 e. The maximum absolute atomic E-state index is 12.9. The first kappa shape index (κ1) is 24.0. The van der Waals surface area contributed by atoms with Gasteiger partial charge in [-0.05, 0) is 42.0 Å². The molecule has 0 aromatic heterocycles. The number of benzene rings is 2. The normalized spacial score (nSPS) is 17.8. The van der Waals surface area contributed by atoms with E-state index in [0.717, 1.165) is 5.56 Å². The number of guanidine groups is 1. The van der Waals surface area contributed by atoms with Crippen LogP contribution in [0.3, 0.4) is 0 Å². The molecular formula is C20H21Cl2N5O4S. The fourth-order valence-corrected chi connectivity index (χ4v) is 4.26. The number of hydrogen-bond donors (Lipinski definition) is 3. The molecule has 1 amide bonds. The van der Waals surface area contributed by atoms with Crippen LogP contribution in [0.1, 0.15) is 12.5 Å². The molecule has 9 nitrogen and oxygen atoms in total. The fraction of sp³-hybridized carbons (Fsp3) is 0.250. The van der Waals surface area contributed by atoms with Crippen LogP contribution < -0.4 is 10.5 Å². The molecule has 0 unspecified atom stereocenters. The second kappa shape index (κ2) is 9.86. The number of sulfonamides is 1. The first-order valence-electron chi connectivity index (χ1n) is 9.49. The second-order valence-electron chi connectivity index (χ2n) is 7.09. The third-order valence-corrected chi connectivity index (χ3v) is 6.50. The Hall–Kier alpha value is -2.66. The Morgan fingerprint density at radius 1 is 1.22 bits per heavy atom. The molecule has 32 heavy (non-hydrogen) atoms. The van der Waals surface area contributed by atoms with E-state index in [2.05, 4.69) is 14.8 Å². The number of amides is 1. The molecule has 0 bridgehead atoms. The summed E-state index contributed by atoms with van der Waals surface area (Å²) in [5.41, 5.74) is 6.76. The molecular weight excluding hydrogens is 477 g/mol. The molecule has 2 atom stereocenters. The molecule has 0 spiro atoms. The van der Waals surface area contributed by atoms with E-state index in [1.807, 2.05) is 6.92 Å². The van der Waals surface area contributed by atoms with Crippen molar-refractivity contribution in [1.29, 1.82) is 0 Å². The molecule has 0 saturated heterocycles. The number of nitrogens with one attached hydrogen (secondary N) is 1. The summed E-state index contributed by atoms with van der Waals surface area (Å²) in [7, 11) is -4.10. The van der Waals surface area contributed by atoms with Gasteiger partial charge in [0, 0.05) is 16.0 Å². The minimum absolute atomic E-state index is 0.0663. The van der Waals surface area contributed by atoms with Gasteiger partial charge in [-0.25, -0.2) is 23.1 Å². The van der Waals surface area contributed by atoms with Crippen LogP contribution in [-0.4, -0.2) is 55.3 Å². The Morgan fingerprint density at radius 3 is 2.31 bits per heavy atom. The van der Waals surface area contributed by atoms with Crippen molar-refractivity contribution >= 4 is 50.8 Å². The Morgan fingerprint density at radius 2 is 1.78 bits per heavy atom. The quantitative estimate of drug-likeness (QED) is 0.412. The van der Waals surface area contributed by atoms with Crippen molar-refractivity contribution in [3.05, 3.63) is 64.1 Å². The molecule has 1 heterocycles. The Balaban J connectivity index is 1.99. The molecule has 1 aliphatic rings. The third kappa shape index (κ3) is 5.57. The molecule has 12 heteroatoms. The number of halogens is 2. The summed E-state index contributed by atoms with van der Waals surface area (Å²) in [5.74, 6) is -1.25. The molecule has 0 aliphatic carbocycles. The van der Waals surface area contributed by atoms with Gasteiger partial charge in [-0.3, -0.25) is 4.79 Å². The van der Waals surface area contributed by atoms with E-state index in [9.17, 15) is 18.3 Å². The largest absolute Gasteiger partial charge is 0.394 e. The molecule has 0 saturated carbocycles. The number of carbonyl (C=O) groups excluding carboxylic acids is 1. The highest BCUT2D eigenvalue weighted by Gasteiger charge is 2.30. The van der Waals surface area contributed by atoms with E-state index in [1.165, 1.54) is 29.3 Å². The SMILES string of the molecule is C[C@@H]1CN(C(=N[C@@H](CO)C(N)=O)NS(=O)(=O)c2ccc(Cl)cc2)N=C1c1ccc(Cl)cc1. The molecule has 3 rings (SSSR count). The van der Waals surface area contributed by atoms with Crippen LogP contribution in [0.25, 0.3) is 0 Å². The smallest absolute Gasteiger partial charge is 0.264 e. The monoisotopic (exact) mass is 497 g/mol. The lowest BCUT2D eigenvalue weighted by molar-refractivity contribution is -0.119. The van der Waals surface area contributed by atoms with Crippen LogP contribution in [0.15, 0.2) is 63.5 Å². The van der Waals surface area contributed by atoms with Crippen LogP contribution in [-0.2, 0) is 14.8 Å². The predicted molar refractivity (Wildman–Crippen MR) is 123 cm³/mol. The average Bonchev–Trinajstić information content (AvgIpc) is 3.13. The van der Waals surface area contributed by atoms with Gasteiger partial charge in [-0.1, -0.05) is 42.3 Å². The molecule has 0 fully saturated rings. The topological polar surface area (TPSA) is 137 Å². The highest BCUT2D eigenvalue weighted by molar-refractivity contribution is 7.90. The number of hydrazone groups is 1. The van der Waals surface area contributed by atoms with Crippen LogP contribution in [0, 0.1) is 5.92 Å². The zero-order valence-corrected chi connectivity index (χ0v) is 19.3. The highest BCUT2D eigenvalue weighted by atomic mass is 35.5. The third-order valence-electron chi connectivity index (χ3n) is 4.66. The number of hydrogen-bond acceptors (Lipinski definition) is 6. The van der Waals surface area contributed by atoms with Gasteiger partial charge in [0.05, 0.1) is 23.8 Å². The fourth-order valence-electron chi connectivity index (χ4n) is 2.99. The zero-order valence-electron chi connectivity index (χ0n) is 16.9. The number of nitrogens with zero attached hydrogens (tertiary/aromatic N) is 3. The standard InChI is InChI=1S/C20H21Cl2N5O4S/c1-12-10-27(25-18(12)13-2-4-14(21)5-3-13)20(24-17(11-28)19(23)29)26-32(30,31)16-8-6-15(22)7-9-16/h2-9,12,17,28H,10-11H2,1H3,(H2,23,29)(H,24,26)/t12-,17+/m1/s1. The van der Waals surface area contributed by atoms with Crippen molar-refractivity contribution in [3.63, 3.8) is 0 Å². The lowest BCUT2D eigenvalue weighted by Crippen LogP contribution is -2.44. The number of primary amides is 1. The predicted octanol–water partition coefficient (Wildman–Crippen LogP) is 1.83. The lowest BCUT2D eigenvalue weighted by Gasteiger charge is -2.20. The lowest BCUT2D eigenvalue weighted by atomic mass is 10.00. The van der Waals surface area contributed by atoms with Gasteiger partial charge in [-0.2, -0.15) is 5.10 Å². The minimum Gasteiger partial charge on any atom is -0.394 e. The van der Waals surface area contributed by atoms with E-state index in [4.69, 9.17) is 28.9 Å². The molecule has 2 aromatic carbocycles. The Kier molecular flexibility index (Phi) is 7.40. The molecule has 2 aromatic rings. The molecule has 0 radical (unpaired) electrons. The summed E-state index contributed by atoms with van der Waals surface area (Å²) in [6.07, 6.45) is 0. The minimum atomic E-state index is -4.10. The van der Waals surface area contributed by atoms with Gasteiger partial charge in [-0.15, -0.1) is 0 Å². The summed E-state index contributed by atoms with van der Waals surface area (Å²) in [6.45, 7) is 1.49. The van der Waals surface area contributed by atoms with Crippen molar-refractivity contribution < 1.29 is 18.3 Å². The van der Waals surface area contributed by atoms with Crippen LogP contribution in [0.2, 0.25) is 10.0 Å². The number of nitrogens with two attached hydrogens (primary N) is 1. The first-order chi connectivity index (χ1) is 15.1. The summed E-state index contributed by atoms with van der Waals surface area (Å²) in [6, 6.07) is 11.2. The summed E-state index contributed by atoms with van der Waals surface area (Å²) in [5, 5.41) is 16.2. The summed E-state index contributed by atoms with van der Waals surface area (Å²) in [4.78, 5) is 15.6. The Labute approximate surface area is 195 Å². The summed E-state index contributed by atoms with van der Waals surface area (Å²) < 4.78 is 28.2. The number of rotatable bonds is 6. The van der Waals surface area contributed by atoms with Crippen LogP contribution >= 0.6 is 23.2 Å². The van der Waals surface area contributed by atoms with Gasteiger partial charge in [0.1, 0.15) is 0 Å². The summed E-state index contributed by atoms with van der Waals surface area (Å²) >= 11 is 11.8. The van der Waals surface area contributed by atoms with Crippen molar-refractivity contribution in [3.8, 4) is 0 Å². The second-order valence-corrected chi connectivity index (χ2v) is 9.64. The maximum atomic E-state index is 12.9. The van der Waals surface area contributed by atoms with Crippen molar-refractivity contribution in [2.45, 2.75) is 17.9 Å². The van der Waals surface area contributed by atoms with Gasteiger partial charge in [0.2, 0.25) is 11.9 Å². The number of aliphatic hydroxyl groups excluding tert-OH is 1. The van der Waals surface area contributed by atoms with Gasteiger partial charge in [0.25, 0.3) is 10.0 Å². The van der Waals surface area contributed by atoms with Crippen LogP contribution in [0.4, 0.5) is 0 Å². The number of aliphatic hydroxyl groups is 1. The van der Waals surface area contributed by atoms with E-state index in [0.29, 0.717) is 15.8 Å². The molecule has 1 aliphatic heterocycles. The Bertz CT molecular complexity index is 1150. The van der Waals surface area contributed by atoms with E-state index >= 15 is 0 Å². The highest BCUT2D eigenvalue weighted by Crippen LogP contribution is 2.22. The van der Waals surface area contributed by atoms with Crippen molar-refractivity contribution in [1.82, 2.24) is 9.73 Å². The number of carbonyl (C=O) groups is 1. The first-order valence-corrected chi connectivity index (χ1v) is 11.7. The van der Waals surface area contributed by atoms with E-state index in [1.54, 1.807) is 24.3 Å².